The molecule has 0 radical (unpaired) electrons. The van der Waals surface area contributed by atoms with Gasteiger partial charge in [-0.3, -0.25) is 0 Å². The van der Waals surface area contributed by atoms with Crippen molar-refractivity contribution in [3.05, 3.63) is 0 Å². The first-order valence-electron chi connectivity index (χ1n) is 7.81. The summed E-state index contributed by atoms with van der Waals surface area (Å²) in [5.41, 5.74) is 0.595. The number of hydrogen-bond donors (Lipinski definition) is 1. The van der Waals surface area contributed by atoms with E-state index in [0.717, 1.165) is 18.0 Å². The van der Waals surface area contributed by atoms with Crippen molar-refractivity contribution in [3.63, 3.8) is 0 Å². The third-order valence-corrected chi connectivity index (χ3v) is 5.06. The lowest BCUT2D eigenvalue weighted by Crippen LogP contribution is -2.40. The molecule has 0 aromatic heterocycles. The summed E-state index contributed by atoms with van der Waals surface area (Å²) >= 11 is 0. The third-order valence-electron chi connectivity index (χ3n) is 5.06. The van der Waals surface area contributed by atoms with Crippen LogP contribution in [0.5, 0.6) is 0 Å². The van der Waals surface area contributed by atoms with E-state index >= 15 is 0 Å². The molecule has 0 heterocycles. The van der Waals surface area contributed by atoms with Gasteiger partial charge in [0.2, 0.25) is 0 Å². The van der Waals surface area contributed by atoms with Gasteiger partial charge < -0.3 is 5.32 Å². The van der Waals surface area contributed by atoms with Crippen LogP contribution in [0, 0.1) is 11.3 Å². The fraction of sp³-hybridized carbons (Fsp3) is 1.00. The summed E-state index contributed by atoms with van der Waals surface area (Å²) in [5, 5.41) is 3.96. The highest BCUT2D eigenvalue weighted by Gasteiger charge is 2.26. The first-order valence-corrected chi connectivity index (χ1v) is 7.81. The van der Waals surface area contributed by atoms with Crippen molar-refractivity contribution in [2.45, 2.75) is 90.6 Å². The van der Waals surface area contributed by atoms with Crippen LogP contribution in [0.4, 0.5) is 0 Å². The number of rotatable bonds is 2. The van der Waals surface area contributed by atoms with Crippen molar-refractivity contribution in [1.29, 1.82) is 0 Å². The molecular weight excluding hydrogens is 206 g/mol. The van der Waals surface area contributed by atoms with Crippen LogP contribution in [0.3, 0.4) is 0 Å². The van der Waals surface area contributed by atoms with E-state index in [4.69, 9.17) is 0 Å². The summed E-state index contributed by atoms with van der Waals surface area (Å²) in [4.78, 5) is 0. The van der Waals surface area contributed by atoms with Crippen LogP contribution in [0.15, 0.2) is 0 Å². The molecule has 1 nitrogen and oxygen atoms in total. The quantitative estimate of drug-likeness (QED) is 0.697. The molecule has 17 heavy (non-hydrogen) atoms. The SMILES string of the molecule is CC1CCC(NC2CCCC(C)(C)CC2)CC1. The molecule has 0 aromatic carbocycles. The average molecular weight is 237 g/mol. The van der Waals surface area contributed by atoms with Crippen LogP contribution < -0.4 is 5.32 Å². The van der Waals surface area contributed by atoms with Gasteiger partial charge in [-0.15, -0.1) is 0 Å². The molecule has 2 aliphatic carbocycles. The summed E-state index contributed by atoms with van der Waals surface area (Å²) < 4.78 is 0. The molecule has 1 atom stereocenters. The molecule has 2 saturated carbocycles. The fourth-order valence-corrected chi connectivity index (χ4v) is 3.59. The van der Waals surface area contributed by atoms with E-state index in [2.05, 4.69) is 26.1 Å². The highest BCUT2D eigenvalue weighted by molar-refractivity contribution is 4.83. The summed E-state index contributed by atoms with van der Waals surface area (Å²) in [6.07, 6.45) is 12.8. The van der Waals surface area contributed by atoms with Crippen molar-refractivity contribution < 1.29 is 0 Å². The minimum atomic E-state index is 0.595. The fourth-order valence-electron chi connectivity index (χ4n) is 3.59. The minimum Gasteiger partial charge on any atom is -0.311 e. The monoisotopic (exact) mass is 237 g/mol. The van der Waals surface area contributed by atoms with Crippen molar-refractivity contribution >= 4 is 0 Å². The molecule has 0 spiro atoms. The van der Waals surface area contributed by atoms with Crippen molar-refractivity contribution in [3.8, 4) is 0 Å². The summed E-state index contributed by atoms with van der Waals surface area (Å²) in [5.74, 6) is 0.973. The topological polar surface area (TPSA) is 12.0 Å². The predicted octanol–water partition coefficient (Wildman–Crippen LogP) is 4.51. The molecule has 0 aliphatic heterocycles. The minimum absolute atomic E-state index is 0.595. The van der Waals surface area contributed by atoms with Crippen molar-refractivity contribution in [2.24, 2.45) is 11.3 Å². The van der Waals surface area contributed by atoms with E-state index in [9.17, 15) is 0 Å². The second kappa shape index (κ2) is 5.73. The van der Waals surface area contributed by atoms with Gasteiger partial charge in [0.1, 0.15) is 0 Å². The molecule has 0 saturated heterocycles. The highest BCUT2D eigenvalue weighted by Crippen LogP contribution is 2.34. The lowest BCUT2D eigenvalue weighted by molar-refractivity contribution is 0.270. The molecule has 100 valence electrons. The van der Waals surface area contributed by atoms with Gasteiger partial charge >= 0.3 is 0 Å². The number of nitrogens with one attached hydrogen (secondary N) is 1. The molecule has 2 fully saturated rings. The maximum Gasteiger partial charge on any atom is 0.00698 e. The van der Waals surface area contributed by atoms with Crippen LogP contribution in [0.1, 0.15) is 78.6 Å². The molecule has 1 N–H and O–H groups in total. The van der Waals surface area contributed by atoms with E-state index in [-0.39, 0.29) is 0 Å². The van der Waals surface area contributed by atoms with E-state index in [0.29, 0.717) is 5.41 Å². The zero-order valence-corrected chi connectivity index (χ0v) is 12.1. The van der Waals surface area contributed by atoms with Crippen LogP contribution in [0.25, 0.3) is 0 Å². The Morgan fingerprint density at radius 2 is 1.47 bits per heavy atom. The van der Waals surface area contributed by atoms with Gasteiger partial charge in [0.05, 0.1) is 0 Å². The Hall–Kier alpha value is -0.0400. The molecule has 2 rings (SSSR count). The summed E-state index contributed by atoms with van der Waals surface area (Å²) in [6.45, 7) is 7.29. The van der Waals surface area contributed by atoms with Gasteiger partial charge in [-0.25, -0.2) is 0 Å². The van der Waals surface area contributed by atoms with Gasteiger partial charge in [0.15, 0.2) is 0 Å². The Kier molecular flexibility index (Phi) is 4.52. The normalized spacial score (nSPS) is 38.6. The van der Waals surface area contributed by atoms with Crippen LogP contribution >= 0.6 is 0 Å². The van der Waals surface area contributed by atoms with Gasteiger partial charge in [0.25, 0.3) is 0 Å². The van der Waals surface area contributed by atoms with Crippen molar-refractivity contribution in [2.75, 3.05) is 0 Å². The predicted molar refractivity (Wildman–Crippen MR) is 75.2 cm³/mol. The first-order chi connectivity index (χ1) is 8.05. The molecule has 0 amide bonds. The average Bonchev–Trinajstić information content (AvgIpc) is 2.44. The van der Waals surface area contributed by atoms with Gasteiger partial charge in [0, 0.05) is 12.1 Å². The van der Waals surface area contributed by atoms with Crippen LogP contribution in [-0.4, -0.2) is 12.1 Å². The van der Waals surface area contributed by atoms with Gasteiger partial charge in [-0.2, -0.15) is 0 Å². The lowest BCUT2D eigenvalue weighted by Gasteiger charge is -2.31. The van der Waals surface area contributed by atoms with Crippen LogP contribution in [0.2, 0.25) is 0 Å². The van der Waals surface area contributed by atoms with E-state index in [1.165, 1.54) is 57.8 Å². The molecule has 2 aliphatic rings. The Morgan fingerprint density at radius 3 is 2.18 bits per heavy atom. The summed E-state index contributed by atoms with van der Waals surface area (Å²) in [7, 11) is 0. The van der Waals surface area contributed by atoms with Crippen molar-refractivity contribution in [1.82, 2.24) is 5.32 Å². The van der Waals surface area contributed by atoms with Crippen LogP contribution in [-0.2, 0) is 0 Å². The Labute approximate surface area is 108 Å². The smallest absolute Gasteiger partial charge is 0.00698 e. The largest absolute Gasteiger partial charge is 0.311 e. The second-order valence-corrected chi connectivity index (χ2v) is 7.42. The highest BCUT2D eigenvalue weighted by atomic mass is 14.9. The van der Waals surface area contributed by atoms with E-state index < -0.39 is 0 Å². The Bertz CT molecular complexity index is 226. The number of hydrogen-bond acceptors (Lipinski definition) is 1. The molecule has 0 bridgehead atoms. The Morgan fingerprint density at radius 1 is 0.824 bits per heavy atom. The second-order valence-electron chi connectivity index (χ2n) is 7.42. The zero-order chi connectivity index (χ0) is 12.3. The maximum absolute atomic E-state index is 3.96. The summed E-state index contributed by atoms with van der Waals surface area (Å²) in [6, 6.07) is 1.65. The van der Waals surface area contributed by atoms with E-state index in [1.54, 1.807) is 0 Å². The molecule has 1 heteroatoms. The Balaban J connectivity index is 1.75. The lowest BCUT2D eigenvalue weighted by atomic mass is 9.85. The van der Waals surface area contributed by atoms with E-state index in [1.807, 2.05) is 0 Å². The first kappa shape index (κ1) is 13.4. The van der Waals surface area contributed by atoms with Gasteiger partial charge in [-0.1, -0.05) is 27.2 Å². The molecule has 0 aromatic rings. The maximum atomic E-state index is 3.96. The molecule has 1 unspecified atom stereocenters. The third kappa shape index (κ3) is 4.28. The molecular formula is C16H31N. The van der Waals surface area contributed by atoms with Gasteiger partial charge in [-0.05, 0) is 62.7 Å². The standard InChI is InChI=1S/C16H31N/c1-13-6-8-15(9-7-13)17-14-5-4-11-16(2,3)12-10-14/h13-15,17H,4-12H2,1-3H3. The zero-order valence-electron chi connectivity index (χ0n) is 12.1.